The predicted molar refractivity (Wildman–Crippen MR) is 134 cm³/mol. The second-order valence-corrected chi connectivity index (χ2v) is 8.67. The molecule has 3 aromatic rings. The highest BCUT2D eigenvalue weighted by Gasteiger charge is 2.44. The number of fused-ring (bicyclic) bond motifs is 2. The number of aliphatic hydroxyl groups is 2. The van der Waals surface area contributed by atoms with E-state index in [0.717, 1.165) is 0 Å². The SMILES string of the molecule is CC(=O)Nc1ccc(C(C2=C(O)c3ccccc3C(=O)C2=O)C2=C(O)c3ccccc3C(=O)C2=O)cc1. The van der Waals surface area contributed by atoms with Gasteiger partial charge < -0.3 is 15.5 Å². The number of rotatable bonds is 4. The van der Waals surface area contributed by atoms with Crippen molar-refractivity contribution in [2.24, 2.45) is 0 Å². The van der Waals surface area contributed by atoms with Crippen molar-refractivity contribution in [2.75, 3.05) is 5.32 Å². The highest BCUT2D eigenvalue weighted by atomic mass is 16.3. The van der Waals surface area contributed by atoms with Gasteiger partial charge in [0.1, 0.15) is 11.5 Å². The van der Waals surface area contributed by atoms with E-state index in [1.807, 2.05) is 0 Å². The summed E-state index contributed by atoms with van der Waals surface area (Å²) in [5, 5.41) is 25.1. The Morgan fingerprint density at radius 3 is 1.43 bits per heavy atom. The van der Waals surface area contributed by atoms with Crippen molar-refractivity contribution in [1.82, 2.24) is 0 Å². The smallest absolute Gasteiger partial charge is 0.234 e. The minimum Gasteiger partial charge on any atom is -0.507 e. The number of allylic oxidation sites excluding steroid dienone is 2. The zero-order valence-electron chi connectivity index (χ0n) is 19.4. The number of hydrogen-bond acceptors (Lipinski definition) is 7. The van der Waals surface area contributed by atoms with E-state index < -0.39 is 51.7 Å². The molecule has 0 unspecified atom stereocenters. The summed E-state index contributed by atoms with van der Waals surface area (Å²) >= 11 is 0. The lowest BCUT2D eigenvalue weighted by molar-refractivity contribution is -0.114. The Balaban J connectivity index is 1.81. The Morgan fingerprint density at radius 1 is 0.622 bits per heavy atom. The highest BCUT2D eigenvalue weighted by Crippen LogP contribution is 2.44. The summed E-state index contributed by atoms with van der Waals surface area (Å²) in [7, 11) is 0. The third-order valence-electron chi connectivity index (χ3n) is 6.41. The predicted octanol–water partition coefficient (Wildman–Crippen LogP) is 4.20. The molecule has 3 N–H and O–H groups in total. The normalized spacial score (nSPS) is 15.2. The maximum atomic E-state index is 13.4. The van der Waals surface area contributed by atoms with Crippen LogP contribution >= 0.6 is 0 Å². The number of amides is 1. The highest BCUT2D eigenvalue weighted by molar-refractivity contribution is 6.55. The molecule has 0 bridgehead atoms. The molecule has 0 fully saturated rings. The molecule has 2 aliphatic carbocycles. The second-order valence-electron chi connectivity index (χ2n) is 8.67. The molecular formula is C29H19NO7. The van der Waals surface area contributed by atoms with Crippen LogP contribution in [0.3, 0.4) is 0 Å². The quantitative estimate of drug-likeness (QED) is 0.463. The molecule has 0 saturated carbocycles. The molecule has 0 aliphatic heterocycles. The monoisotopic (exact) mass is 493 g/mol. The van der Waals surface area contributed by atoms with Gasteiger partial charge in [-0.25, -0.2) is 0 Å². The van der Waals surface area contributed by atoms with Crippen molar-refractivity contribution in [1.29, 1.82) is 0 Å². The summed E-state index contributed by atoms with van der Waals surface area (Å²) in [6.45, 7) is 1.33. The van der Waals surface area contributed by atoms with Crippen LogP contribution in [0.4, 0.5) is 5.69 Å². The average molecular weight is 493 g/mol. The first-order valence-electron chi connectivity index (χ1n) is 11.3. The maximum Gasteiger partial charge on any atom is 0.234 e. The largest absolute Gasteiger partial charge is 0.507 e. The number of hydrogen-bond donors (Lipinski definition) is 3. The molecule has 0 saturated heterocycles. The molecule has 3 aromatic carbocycles. The van der Waals surface area contributed by atoms with Crippen molar-refractivity contribution in [3.05, 3.63) is 112 Å². The van der Waals surface area contributed by atoms with Gasteiger partial charge in [0.15, 0.2) is 0 Å². The minimum absolute atomic E-state index is 0.00287. The van der Waals surface area contributed by atoms with Gasteiger partial charge in [-0.05, 0) is 17.7 Å². The van der Waals surface area contributed by atoms with E-state index in [0.29, 0.717) is 5.69 Å². The standard InChI is InChI=1S/C29H19NO7/c1-14(31)30-16-12-10-15(11-13-16)21(22-24(32)17-6-2-4-8-19(17)26(34)28(22)36)23-25(33)18-7-3-5-9-20(18)27(35)29(23)37/h2-13,21,32-33H,1H3,(H,30,31). The van der Waals surface area contributed by atoms with Crippen LogP contribution in [0.15, 0.2) is 83.9 Å². The first kappa shape index (κ1) is 23.6. The molecule has 0 heterocycles. The molecule has 0 radical (unpaired) electrons. The van der Waals surface area contributed by atoms with Crippen LogP contribution in [-0.2, 0) is 14.4 Å². The number of Topliss-reactive ketones (excluding diaryl/α,β-unsaturated/α-hetero) is 4. The molecule has 5 rings (SSSR count). The topological polar surface area (TPSA) is 138 Å². The first-order valence-corrected chi connectivity index (χ1v) is 11.3. The number of nitrogens with one attached hydrogen (secondary N) is 1. The van der Waals surface area contributed by atoms with Crippen molar-refractivity contribution >= 4 is 46.2 Å². The molecule has 8 nitrogen and oxygen atoms in total. The third kappa shape index (κ3) is 3.75. The van der Waals surface area contributed by atoms with Gasteiger partial charge in [0.25, 0.3) is 0 Å². The van der Waals surface area contributed by atoms with Gasteiger partial charge in [-0.15, -0.1) is 0 Å². The first-order chi connectivity index (χ1) is 17.7. The Kier molecular flexibility index (Phi) is 5.64. The number of carbonyl (C=O) groups is 5. The number of benzene rings is 3. The Bertz CT molecular complexity index is 1520. The molecule has 2 aliphatic rings. The maximum absolute atomic E-state index is 13.4. The van der Waals surface area contributed by atoms with Crippen LogP contribution in [0.5, 0.6) is 0 Å². The van der Waals surface area contributed by atoms with E-state index in [1.54, 1.807) is 24.3 Å². The summed E-state index contributed by atoms with van der Waals surface area (Å²) in [6.07, 6.45) is 0. The van der Waals surface area contributed by atoms with Crippen molar-refractivity contribution in [3.8, 4) is 0 Å². The van der Waals surface area contributed by atoms with Crippen LogP contribution in [0.25, 0.3) is 11.5 Å². The van der Waals surface area contributed by atoms with E-state index >= 15 is 0 Å². The lowest BCUT2D eigenvalue weighted by atomic mass is 9.72. The summed E-state index contributed by atoms with van der Waals surface area (Å²) in [5.74, 6) is -6.75. The van der Waals surface area contributed by atoms with Gasteiger partial charge in [-0.1, -0.05) is 60.7 Å². The number of ketones is 4. The lowest BCUT2D eigenvalue weighted by Crippen LogP contribution is -2.33. The number of anilines is 1. The number of aliphatic hydroxyl groups excluding tert-OH is 2. The fourth-order valence-electron chi connectivity index (χ4n) is 4.75. The summed E-state index contributed by atoms with van der Waals surface area (Å²) < 4.78 is 0. The van der Waals surface area contributed by atoms with E-state index in [1.165, 1.54) is 55.5 Å². The molecule has 37 heavy (non-hydrogen) atoms. The van der Waals surface area contributed by atoms with Gasteiger partial charge >= 0.3 is 0 Å². The second kappa shape index (κ2) is 8.83. The van der Waals surface area contributed by atoms with Gasteiger partial charge in [0, 0.05) is 40.8 Å². The van der Waals surface area contributed by atoms with Gasteiger partial charge in [0.05, 0.1) is 11.1 Å². The molecule has 0 spiro atoms. The molecule has 0 aromatic heterocycles. The molecule has 1 amide bonds. The van der Waals surface area contributed by atoms with Crippen LogP contribution in [-0.4, -0.2) is 39.3 Å². The van der Waals surface area contributed by atoms with E-state index in [2.05, 4.69) is 5.32 Å². The van der Waals surface area contributed by atoms with E-state index in [9.17, 15) is 34.2 Å². The molecule has 182 valence electrons. The zero-order chi connectivity index (χ0) is 26.4. The van der Waals surface area contributed by atoms with Crippen molar-refractivity contribution in [2.45, 2.75) is 12.8 Å². The van der Waals surface area contributed by atoms with Crippen LogP contribution in [0.1, 0.15) is 50.2 Å². The van der Waals surface area contributed by atoms with Crippen molar-refractivity contribution < 1.29 is 34.2 Å². The van der Waals surface area contributed by atoms with Crippen LogP contribution in [0.2, 0.25) is 0 Å². The fourth-order valence-corrected chi connectivity index (χ4v) is 4.75. The Hall–Kier alpha value is -5.11. The summed E-state index contributed by atoms with van der Waals surface area (Å²) in [4.78, 5) is 64.3. The van der Waals surface area contributed by atoms with Crippen molar-refractivity contribution in [3.63, 3.8) is 0 Å². The van der Waals surface area contributed by atoms with E-state index in [4.69, 9.17) is 0 Å². The Labute approximate surface area is 210 Å². The Morgan fingerprint density at radius 2 is 1.03 bits per heavy atom. The average Bonchev–Trinajstić information content (AvgIpc) is 2.90. The summed E-state index contributed by atoms with van der Waals surface area (Å²) in [6, 6.07) is 18.0. The fraction of sp³-hybridized carbons (Fsp3) is 0.0690. The summed E-state index contributed by atoms with van der Waals surface area (Å²) in [5.41, 5.74) is -0.0196. The van der Waals surface area contributed by atoms with Gasteiger partial charge in [0.2, 0.25) is 29.0 Å². The molecular weight excluding hydrogens is 474 g/mol. The van der Waals surface area contributed by atoms with Crippen LogP contribution < -0.4 is 5.32 Å². The molecule has 0 atom stereocenters. The van der Waals surface area contributed by atoms with Crippen LogP contribution in [0, 0.1) is 0 Å². The number of carbonyl (C=O) groups excluding carboxylic acids is 5. The van der Waals surface area contributed by atoms with Gasteiger partial charge in [-0.2, -0.15) is 0 Å². The molecule has 8 heteroatoms. The zero-order valence-corrected chi connectivity index (χ0v) is 19.4. The van der Waals surface area contributed by atoms with Gasteiger partial charge in [-0.3, -0.25) is 24.0 Å². The van der Waals surface area contributed by atoms with E-state index in [-0.39, 0.29) is 33.7 Å². The minimum atomic E-state index is -1.46. The lowest BCUT2D eigenvalue weighted by Gasteiger charge is -2.29. The third-order valence-corrected chi connectivity index (χ3v) is 6.41.